The number of aromatic nitrogens is 2. The van der Waals surface area contributed by atoms with Gasteiger partial charge in [0.1, 0.15) is 18.3 Å². The maximum Gasteiger partial charge on any atom is 0.330 e. The largest absolute Gasteiger partial charge is 0.387 e. The van der Waals surface area contributed by atoms with E-state index in [4.69, 9.17) is 4.74 Å². The highest BCUT2D eigenvalue weighted by Gasteiger charge is 2.47. The Kier molecular flexibility index (Phi) is 11.1. The lowest BCUT2D eigenvalue weighted by Gasteiger charge is -2.40. The highest BCUT2D eigenvalue weighted by Crippen LogP contribution is 2.27. The number of rotatable bonds is 13. The van der Waals surface area contributed by atoms with Gasteiger partial charge >= 0.3 is 5.69 Å². The van der Waals surface area contributed by atoms with Crippen molar-refractivity contribution in [3.05, 3.63) is 33.1 Å². The molecule has 5 atom stereocenters. The Morgan fingerprint density at radius 1 is 0.969 bits per heavy atom. The zero-order valence-electron chi connectivity index (χ0n) is 18.7. The summed E-state index contributed by atoms with van der Waals surface area (Å²) >= 11 is 0. The van der Waals surface area contributed by atoms with Gasteiger partial charge in [-0.25, -0.2) is 4.79 Å². The average Bonchev–Trinajstić information content (AvgIpc) is 2.76. The summed E-state index contributed by atoms with van der Waals surface area (Å²) in [5.74, 6) is -0.637. The molecule has 0 unspecified atom stereocenters. The lowest BCUT2D eigenvalue weighted by molar-refractivity contribution is -0.241. The number of aliphatic hydroxyl groups is 3. The van der Waals surface area contributed by atoms with Crippen molar-refractivity contribution in [2.75, 3.05) is 6.54 Å². The third kappa shape index (κ3) is 7.54. The molecule has 0 saturated carbocycles. The molecule has 1 saturated heterocycles. The van der Waals surface area contributed by atoms with Gasteiger partial charge in [-0.1, -0.05) is 64.7 Å². The number of nitrogens with one attached hydrogen (secondary N) is 2. The number of unbranched alkanes of at least 4 members (excludes halogenated alkanes) is 9. The number of hydrogen-bond acceptors (Lipinski definition) is 7. The highest BCUT2D eigenvalue weighted by molar-refractivity contribution is 5.81. The first-order valence-electron chi connectivity index (χ1n) is 11.7. The number of nitrogens with zero attached hydrogens (tertiary/aromatic N) is 1. The first-order valence-corrected chi connectivity index (χ1v) is 11.7. The molecule has 10 heteroatoms. The predicted molar refractivity (Wildman–Crippen MR) is 118 cm³/mol. The van der Waals surface area contributed by atoms with E-state index in [0.717, 1.165) is 36.1 Å². The normalized spacial score (nSPS) is 25.6. The summed E-state index contributed by atoms with van der Waals surface area (Å²) in [4.78, 5) is 37.8. The fraction of sp³-hybridized carbons (Fsp3) is 0.773. The van der Waals surface area contributed by atoms with Crippen LogP contribution in [-0.4, -0.2) is 61.7 Å². The van der Waals surface area contributed by atoms with Crippen molar-refractivity contribution in [2.24, 2.45) is 0 Å². The fourth-order valence-electron chi connectivity index (χ4n) is 3.86. The number of carbonyl (C=O) groups excluding carboxylic acids is 1. The topological polar surface area (TPSA) is 154 Å². The molecule has 2 rings (SSSR count). The number of aromatic amines is 1. The van der Waals surface area contributed by atoms with E-state index in [0.29, 0.717) is 6.54 Å². The van der Waals surface area contributed by atoms with Gasteiger partial charge in [-0.05, 0) is 6.42 Å². The molecule has 0 aromatic carbocycles. The third-order valence-corrected chi connectivity index (χ3v) is 5.80. The molecular weight excluding hydrogens is 418 g/mol. The Hall–Kier alpha value is -2.01. The number of carbonyl (C=O) groups is 1. The van der Waals surface area contributed by atoms with Crippen LogP contribution in [-0.2, 0) is 9.53 Å². The number of hydrogen-bond donors (Lipinski definition) is 5. The van der Waals surface area contributed by atoms with Crippen molar-refractivity contribution < 1.29 is 24.9 Å². The van der Waals surface area contributed by atoms with Crippen LogP contribution in [0, 0.1) is 0 Å². The van der Waals surface area contributed by atoms with Crippen LogP contribution in [0.4, 0.5) is 0 Å². The Morgan fingerprint density at radius 2 is 1.56 bits per heavy atom. The Bertz CT molecular complexity index is 809. The van der Waals surface area contributed by atoms with Gasteiger partial charge in [0.25, 0.3) is 11.5 Å². The van der Waals surface area contributed by atoms with Crippen LogP contribution in [0.15, 0.2) is 21.9 Å². The summed E-state index contributed by atoms with van der Waals surface area (Å²) in [5, 5.41) is 33.2. The molecular formula is C22H37N3O7. The molecule has 182 valence electrons. The van der Waals surface area contributed by atoms with Crippen LogP contribution in [0.3, 0.4) is 0 Å². The maximum atomic E-state index is 12.5. The molecule has 32 heavy (non-hydrogen) atoms. The molecule has 1 aliphatic heterocycles. The van der Waals surface area contributed by atoms with Crippen LogP contribution >= 0.6 is 0 Å². The van der Waals surface area contributed by atoms with Crippen molar-refractivity contribution in [2.45, 2.75) is 102 Å². The summed E-state index contributed by atoms with van der Waals surface area (Å²) < 4.78 is 6.33. The van der Waals surface area contributed by atoms with E-state index < -0.39 is 47.8 Å². The molecule has 1 aromatic rings. The van der Waals surface area contributed by atoms with Crippen molar-refractivity contribution in [3.8, 4) is 0 Å². The molecule has 0 radical (unpaired) electrons. The quantitative estimate of drug-likeness (QED) is 0.272. The van der Waals surface area contributed by atoms with E-state index in [1.807, 2.05) is 4.98 Å². The molecule has 5 N–H and O–H groups in total. The first-order chi connectivity index (χ1) is 15.4. The van der Waals surface area contributed by atoms with E-state index in [1.54, 1.807) is 0 Å². The van der Waals surface area contributed by atoms with Gasteiger partial charge in [0.15, 0.2) is 12.3 Å². The predicted octanol–water partition coefficient (Wildman–Crippen LogP) is 0.554. The summed E-state index contributed by atoms with van der Waals surface area (Å²) in [6, 6.07) is 1.05. The Balaban J connectivity index is 1.77. The van der Waals surface area contributed by atoms with Crippen molar-refractivity contribution in [1.82, 2.24) is 14.9 Å². The minimum absolute atomic E-state index is 0.393. The van der Waals surface area contributed by atoms with E-state index in [-0.39, 0.29) is 0 Å². The maximum absolute atomic E-state index is 12.5. The Labute approximate surface area is 187 Å². The zero-order chi connectivity index (χ0) is 23.5. The lowest BCUT2D eigenvalue weighted by Crippen LogP contribution is -2.60. The van der Waals surface area contributed by atoms with E-state index in [2.05, 4.69) is 12.2 Å². The fourth-order valence-corrected chi connectivity index (χ4v) is 3.86. The molecule has 1 amide bonds. The minimum atomic E-state index is -1.71. The van der Waals surface area contributed by atoms with Crippen LogP contribution in [0.1, 0.15) is 77.4 Å². The molecule has 2 heterocycles. The standard InChI is InChI=1S/C22H37N3O7/c1-2-3-4-5-6-7-8-9-10-11-13-23-20(30)19-17(28)16(27)18(29)21(32-19)25-14-12-15(26)24-22(25)31/h12,14,16-19,21,27-29H,2-11,13H2,1H3,(H,23,30)(H,24,26,31)/t16-,17-,18+,19-,21+/m0/s1. The van der Waals surface area contributed by atoms with Crippen LogP contribution in [0.2, 0.25) is 0 Å². The highest BCUT2D eigenvalue weighted by atomic mass is 16.6. The summed E-state index contributed by atoms with van der Waals surface area (Å²) in [7, 11) is 0. The lowest BCUT2D eigenvalue weighted by atomic mass is 9.97. The third-order valence-electron chi connectivity index (χ3n) is 5.80. The number of amides is 1. The molecule has 1 aliphatic rings. The number of H-pyrrole nitrogens is 1. The molecule has 0 aliphatic carbocycles. The summed E-state index contributed by atoms with van der Waals surface area (Å²) in [6.45, 7) is 2.60. The second-order valence-electron chi connectivity index (χ2n) is 8.41. The van der Waals surface area contributed by atoms with E-state index >= 15 is 0 Å². The zero-order valence-corrected chi connectivity index (χ0v) is 18.7. The SMILES string of the molecule is CCCCCCCCCCCCNC(=O)[C@H]1O[C@@H](n2ccc(=O)[nH]c2=O)[C@H](O)[C@@H](O)[C@@H]1O. The summed E-state index contributed by atoms with van der Waals surface area (Å²) in [5.41, 5.74) is -1.50. The van der Waals surface area contributed by atoms with Gasteiger partial charge in [-0.3, -0.25) is 19.1 Å². The number of ether oxygens (including phenoxy) is 1. The number of aliphatic hydroxyl groups excluding tert-OH is 3. The first kappa shape index (κ1) is 26.2. The van der Waals surface area contributed by atoms with Gasteiger partial charge in [0, 0.05) is 18.8 Å². The molecule has 10 nitrogen and oxygen atoms in total. The molecule has 1 fully saturated rings. The second-order valence-corrected chi connectivity index (χ2v) is 8.41. The van der Waals surface area contributed by atoms with E-state index in [1.165, 1.54) is 44.9 Å². The van der Waals surface area contributed by atoms with Crippen LogP contribution in [0.5, 0.6) is 0 Å². The monoisotopic (exact) mass is 455 g/mol. The second kappa shape index (κ2) is 13.5. The van der Waals surface area contributed by atoms with Crippen molar-refractivity contribution in [1.29, 1.82) is 0 Å². The molecule has 0 bridgehead atoms. The van der Waals surface area contributed by atoms with Gasteiger partial charge in [-0.2, -0.15) is 0 Å². The van der Waals surface area contributed by atoms with Crippen LogP contribution in [0.25, 0.3) is 0 Å². The van der Waals surface area contributed by atoms with Gasteiger partial charge in [-0.15, -0.1) is 0 Å². The molecule has 0 spiro atoms. The average molecular weight is 456 g/mol. The van der Waals surface area contributed by atoms with Crippen molar-refractivity contribution >= 4 is 5.91 Å². The van der Waals surface area contributed by atoms with E-state index in [9.17, 15) is 29.7 Å². The Morgan fingerprint density at radius 3 is 2.16 bits per heavy atom. The van der Waals surface area contributed by atoms with Gasteiger partial charge in [0.2, 0.25) is 0 Å². The minimum Gasteiger partial charge on any atom is -0.387 e. The molecule has 1 aromatic heterocycles. The van der Waals surface area contributed by atoms with Gasteiger partial charge < -0.3 is 25.4 Å². The van der Waals surface area contributed by atoms with Crippen molar-refractivity contribution in [3.63, 3.8) is 0 Å². The van der Waals surface area contributed by atoms with Crippen LogP contribution < -0.4 is 16.6 Å². The smallest absolute Gasteiger partial charge is 0.330 e. The van der Waals surface area contributed by atoms with Gasteiger partial charge in [0.05, 0.1) is 0 Å². The summed E-state index contributed by atoms with van der Waals surface area (Å²) in [6.07, 6.45) is 4.80.